The molecular weight excluding hydrogens is 250 g/mol. The highest BCUT2D eigenvalue weighted by Crippen LogP contribution is 2.32. The number of benzene rings is 1. The first-order chi connectivity index (χ1) is 9.69. The second-order valence-electron chi connectivity index (χ2n) is 4.97. The molecule has 4 nitrogen and oxygen atoms in total. The number of hydrogen-bond acceptors (Lipinski definition) is 3. The van der Waals surface area contributed by atoms with Gasteiger partial charge in [-0.2, -0.15) is 5.26 Å². The molecule has 2 rings (SSSR count). The maximum absolute atomic E-state index is 12.1. The zero-order valence-electron chi connectivity index (χ0n) is 11.7. The first-order valence-corrected chi connectivity index (χ1v) is 6.90. The first kappa shape index (κ1) is 14.1. The van der Waals surface area contributed by atoms with Crippen molar-refractivity contribution in [2.75, 3.05) is 23.3 Å². The van der Waals surface area contributed by atoms with Crippen LogP contribution in [0.15, 0.2) is 30.9 Å². The molecule has 0 radical (unpaired) electrons. The predicted molar refractivity (Wildman–Crippen MR) is 80.6 cm³/mol. The number of carbonyl (C=O) groups is 1. The molecule has 1 unspecified atom stereocenters. The average Bonchev–Trinajstić information content (AvgIpc) is 2.86. The van der Waals surface area contributed by atoms with Gasteiger partial charge in [-0.15, -0.1) is 6.58 Å². The maximum atomic E-state index is 12.1. The molecule has 1 saturated heterocycles. The van der Waals surface area contributed by atoms with Crippen molar-refractivity contribution >= 4 is 17.3 Å². The van der Waals surface area contributed by atoms with Crippen molar-refractivity contribution in [2.45, 2.75) is 19.8 Å². The maximum Gasteiger partial charge on any atom is 0.227 e. The van der Waals surface area contributed by atoms with Gasteiger partial charge in [0.25, 0.3) is 0 Å². The summed E-state index contributed by atoms with van der Waals surface area (Å²) in [6.45, 7) is 7.33. The minimum atomic E-state index is 0.0875. The van der Waals surface area contributed by atoms with E-state index in [9.17, 15) is 4.79 Å². The third-order valence-corrected chi connectivity index (χ3v) is 3.47. The van der Waals surface area contributed by atoms with Gasteiger partial charge in [-0.3, -0.25) is 4.79 Å². The molecule has 1 aromatic rings. The lowest BCUT2D eigenvalue weighted by atomic mass is 10.1. The molecule has 1 N–H and O–H groups in total. The monoisotopic (exact) mass is 269 g/mol. The van der Waals surface area contributed by atoms with Crippen LogP contribution in [0.1, 0.15) is 25.3 Å². The smallest absolute Gasteiger partial charge is 0.227 e. The Kier molecular flexibility index (Phi) is 4.41. The zero-order chi connectivity index (χ0) is 14.5. The SMILES string of the molecule is C=CC1CC(=O)N(c2cc(C#N)ccc2NCCC)C1. The van der Waals surface area contributed by atoms with Crippen molar-refractivity contribution in [3.63, 3.8) is 0 Å². The first-order valence-electron chi connectivity index (χ1n) is 6.90. The van der Waals surface area contributed by atoms with Gasteiger partial charge in [-0.05, 0) is 24.6 Å². The summed E-state index contributed by atoms with van der Waals surface area (Å²) in [5.41, 5.74) is 2.27. The van der Waals surface area contributed by atoms with Gasteiger partial charge in [0, 0.05) is 25.4 Å². The van der Waals surface area contributed by atoms with E-state index in [2.05, 4.69) is 24.9 Å². The van der Waals surface area contributed by atoms with Gasteiger partial charge in [0.2, 0.25) is 5.91 Å². The van der Waals surface area contributed by atoms with Crippen LogP contribution >= 0.6 is 0 Å². The highest BCUT2D eigenvalue weighted by Gasteiger charge is 2.30. The van der Waals surface area contributed by atoms with Crippen LogP contribution in [-0.4, -0.2) is 19.0 Å². The molecule has 0 spiro atoms. The van der Waals surface area contributed by atoms with Crippen molar-refractivity contribution in [3.05, 3.63) is 36.4 Å². The summed E-state index contributed by atoms with van der Waals surface area (Å²) in [5.74, 6) is 0.275. The van der Waals surface area contributed by atoms with Crippen molar-refractivity contribution in [3.8, 4) is 6.07 Å². The summed E-state index contributed by atoms with van der Waals surface area (Å²) in [5, 5.41) is 12.4. The van der Waals surface area contributed by atoms with E-state index in [0.717, 1.165) is 24.3 Å². The number of rotatable bonds is 5. The summed E-state index contributed by atoms with van der Waals surface area (Å²) < 4.78 is 0. The lowest BCUT2D eigenvalue weighted by molar-refractivity contribution is -0.117. The Morgan fingerprint density at radius 2 is 2.40 bits per heavy atom. The lowest BCUT2D eigenvalue weighted by Gasteiger charge is -2.21. The van der Waals surface area contributed by atoms with E-state index in [4.69, 9.17) is 5.26 Å². The van der Waals surface area contributed by atoms with Crippen LogP contribution < -0.4 is 10.2 Å². The minimum Gasteiger partial charge on any atom is -0.383 e. The van der Waals surface area contributed by atoms with Crippen LogP contribution in [0.4, 0.5) is 11.4 Å². The molecule has 1 aromatic carbocycles. The quantitative estimate of drug-likeness (QED) is 0.836. The van der Waals surface area contributed by atoms with E-state index in [0.29, 0.717) is 18.5 Å². The molecule has 1 aliphatic rings. The second kappa shape index (κ2) is 6.25. The van der Waals surface area contributed by atoms with Gasteiger partial charge in [-0.1, -0.05) is 13.0 Å². The second-order valence-corrected chi connectivity index (χ2v) is 4.97. The molecule has 0 bridgehead atoms. The van der Waals surface area contributed by atoms with Crippen LogP contribution in [0.5, 0.6) is 0 Å². The van der Waals surface area contributed by atoms with Crippen LogP contribution in [0, 0.1) is 17.2 Å². The topological polar surface area (TPSA) is 56.1 Å². The Balaban J connectivity index is 2.35. The molecule has 104 valence electrons. The third kappa shape index (κ3) is 2.83. The molecule has 0 saturated carbocycles. The molecule has 1 aliphatic heterocycles. The summed E-state index contributed by atoms with van der Waals surface area (Å²) in [6.07, 6.45) is 3.32. The fourth-order valence-electron chi connectivity index (χ4n) is 2.36. The Labute approximate surface area is 119 Å². The molecule has 1 heterocycles. The molecular formula is C16H19N3O. The number of hydrogen-bond donors (Lipinski definition) is 1. The number of carbonyl (C=O) groups excluding carboxylic acids is 1. The zero-order valence-corrected chi connectivity index (χ0v) is 11.7. The number of nitrogens with one attached hydrogen (secondary N) is 1. The molecule has 1 atom stereocenters. The van der Waals surface area contributed by atoms with E-state index in [1.807, 2.05) is 12.1 Å². The lowest BCUT2D eigenvalue weighted by Crippen LogP contribution is -2.25. The van der Waals surface area contributed by atoms with Crippen LogP contribution in [0.3, 0.4) is 0 Å². The Morgan fingerprint density at radius 1 is 1.60 bits per heavy atom. The highest BCUT2D eigenvalue weighted by molar-refractivity contribution is 5.99. The molecule has 0 aromatic heterocycles. The summed E-state index contributed by atoms with van der Waals surface area (Å²) in [6, 6.07) is 7.55. The number of nitriles is 1. The van der Waals surface area contributed by atoms with Gasteiger partial charge in [0.15, 0.2) is 0 Å². The number of nitrogens with zero attached hydrogens (tertiary/aromatic N) is 2. The third-order valence-electron chi connectivity index (χ3n) is 3.47. The fraction of sp³-hybridized carbons (Fsp3) is 0.375. The molecule has 0 aliphatic carbocycles. The summed E-state index contributed by atoms with van der Waals surface area (Å²) >= 11 is 0. The highest BCUT2D eigenvalue weighted by atomic mass is 16.2. The van der Waals surface area contributed by atoms with E-state index < -0.39 is 0 Å². The molecule has 4 heteroatoms. The molecule has 20 heavy (non-hydrogen) atoms. The van der Waals surface area contributed by atoms with Crippen molar-refractivity contribution in [1.82, 2.24) is 0 Å². The van der Waals surface area contributed by atoms with Crippen molar-refractivity contribution in [1.29, 1.82) is 5.26 Å². The fourth-order valence-corrected chi connectivity index (χ4v) is 2.36. The largest absolute Gasteiger partial charge is 0.383 e. The Bertz CT molecular complexity index is 559. The van der Waals surface area contributed by atoms with E-state index in [1.54, 1.807) is 17.0 Å². The Hall–Kier alpha value is -2.28. The minimum absolute atomic E-state index is 0.0875. The number of amides is 1. The van der Waals surface area contributed by atoms with Gasteiger partial charge in [0.05, 0.1) is 23.0 Å². The van der Waals surface area contributed by atoms with Gasteiger partial charge < -0.3 is 10.2 Å². The van der Waals surface area contributed by atoms with E-state index >= 15 is 0 Å². The number of anilines is 2. The average molecular weight is 269 g/mol. The van der Waals surface area contributed by atoms with Crippen molar-refractivity contribution in [2.24, 2.45) is 5.92 Å². The van der Waals surface area contributed by atoms with Crippen LogP contribution in [-0.2, 0) is 4.79 Å². The Morgan fingerprint density at radius 3 is 3.00 bits per heavy atom. The van der Waals surface area contributed by atoms with Gasteiger partial charge in [-0.25, -0.2) is 0 Å². The van der Waals surface area contributed by atoms with Gasteiger partial charge >= 0.3 is 0 Å². The van der Waals surface area contributed by atoms with E-state index in [-0.39, 0.29) is 11.8 Å². The van der Waals surface area contributed by atoms with Crippen molar-refractivity contribution < 1.29 is 4.79 Å². The predicted octanol–water partition coefficient (Wildman–Crippen LogP) is 2.92. The van der Waals surface area contributed by atoms with E-state index in [1.165, 1.54) is 0 Å². The van der Waals surface area contributed by atoms with Gasteiger partial charge in [0.1, 0.15) is 0 Å². The van der Waals surface area contributed by atoms with Crippen LogP contribution in [0.25, 0.3) is 0 Å². The summed E-state index contributed by atoms with van der Waals surface area (Å²) in [4.78, 5) is 13.9. The van der Waals surface area contributed by atoms with Crippen LogP contribution in [0.2, 0.25) is 0 Å². The normalized spacial score (nSPS) is 17.9. The molecule has 1 fully saturated rings. The standard InChI is InChI=1S/C16H19N3O/c1-3-7-18-14-6-5-13(10-17)8-15(14)19-11-12(4-2)9-16(19)20/h4-6,8,12,18H,2-3,7,9,11H2,1H3. The summed E-state index contributed by atoms with van der Waals surface area (Å²) in [7, 11) is 0. The molecule has 1 amide bonds.